The van der Waals surface area contributed by atoms with E-state index in [0.717, 1.165) is 18.8 Å². The van der Waals surface area contributed by atoms with Gasteiger partial charge in [-0.05, 0) is 12.3 Å². The smallest absolute Gasteiger partial charge is 0.303 e. The van der Waals surface area contributed by atoms with Gasteiger partial charge in [0.05, 0.1) is 0 Å². The summed E-state index contributed by atoms with van der Waals surface area (Å²) < 4.78 is 4.25. The normalized spacial score (nSPS) is 10.5. The average molecular weight is 331 g/mol. The average Bonchev–Trinajstić information content (AvgIpc) is 2.48. The Bertz CT molecular complexity index is 227. The Morgan fingerprint density at radius 3 is 1.35 bits per heavy atom. The minimum Gasteiger partial charge on any atom is -0.481 e. The fourth-order valence-corrected chi connectivity index (χ4v) is 2.60. The molecule has 0 fully saturated rings. The van der Waals surface area contributed by atoms with Gasteiger partial charge < -0.3 is 9.84 Å². The van der Waals surface area contributed by atoms with Gasteiger partial charge >= 0.3 is 5.97 Å². The summed E-state index contributed by atoms with van der Waals surface area (Å²) in [5.74, 6) is 0.212. The molecule has 0 amide bonds. The summed E-state index contributed by atoms with van der Waals surface area (Å²) in [6.45, 7) is 4.61. The molecule has 0 saturated carbocycles. The molecule has 140 valence electrons. The number of methoxy groups -OCH3 is 1. The maximum absolute atomic E-state index is 10.3. The largest absolute Gasteiger partial charge is 0.481 e. The maximum Gasteiger partial charge on any atom is 0.303 e. The number of rotatable bonds is 15. The Hall–Kier alpha value is -0.570. The molecule has 3 nitrogen and oxygen atoms in total. The number of hydrogen-bond acceptors (Lipinski definition) is 2. The van der Waals surface area contributed by atoms with Crippen LogP contribution in [0.4, 0.5) is 0 Å². The highest BCUT2D eigenvalue weighted by Crippen LogP contribution is 2.14. The summed E-state index contributed by atoms with van der Waals surface area (Å²) in [5, 5.41) is 8.52. The highest BCUT2D eigenvalue weighted by Gasteiger charge is 1.97. The van der Waals surface area contributed by atoms with Crippen LogP contribution in [0, 0.1) is 5.92 Å². The van der Waals surface area contributed by atoms with E-state index in [1.54, 1.807) is 14.2 Å². The first-order valence-corrected chi connectivity index (χ1v) is 9.66. The van der Waals surface area contributed by atoms with Gasteiger partial charge in [-0.1, -0.05) is 90.9 Å². The Labute approximate surface area is 145 Å². The summed E-state index contributed by atoms with van der Waals surface area (Å²) in [6, 6.07) is 0. The van der Waals surface area contributed by atoms with Gasteiger partial charge in [-0.25, -0.2) is 0 Å². The van der Waals surface area contributed by atoms with Crippen molar-refractivity contribution in [1.82, 2.24) is 0 Å². The molecule has 0 radical (unpaired) electrons. The van der Waals surface area contributed by atoms with Gasteiger partial charge in [-0.15, -0.1) is 0 Å². The van der Waals surface area contributed by atoms with Gasteiger partial charge in [-0.2, -0.15) is 0 Å². The van der Waals surface area contributed by atoms with Crippen LogP contribution in [0.1, 0.15) is 104 Å². The molecule has 0 rings (SSSR count). The van der Waals surface area contributed by atoms with Crippen LogP contribution < -0.4 is 0 Å². The van der Waals surface area contributed by atoms with Crippen molar-refractivity contribution in [2.24, 2.45) is 5.92 Å². The third-order valence-corrected chi connectivity index (χ3v) is 3.92. The van der Waals surface area contributed by atoms with Gasteiger partial charge in [0.25, 0.3) is 0 Å². The zero-order valence-electron chi connectivity index (χ0n) is 16.2. The molecule has 1 N–H and O–H groups in total. The van der Waals surface area contributed by atoms with Crippen molar-refractivity contribution in [3.8, 4) is 0 Å². The summed E-state index contributed by atoms with van der Waals surface area (Å²) in [5.41, 5.74) is 0. The molecule has 0 saturated heterocycles. The molecule has 23 heavy (non-hydrogen) atoms. The van der Waals surface area contributed by atoms with Gasteiger partial charge in [-0.3, -0.25) is 4.79 Å². The van der Waals surface area contributed by atoms with E-state index < -0.39 is 5.97 Å². The Balaban J connectivity index is 0. The van der Waals surface area contributed by atoms with Crippen LogP contribution in [0.2, 0.25) is 0 Å². The molecule has 0 spiro atoms. The number of carboxylic acid groups (broad SMARTS) is 1. The Morgan fingerprint density at radius 1 is 0.739 bits per heavy atom. The molecule has 0 heterocycles. The van der Waals surface area contributed by atoms with Gasteiger partial charge in [0.15, 0.2) is 0 Å². The molecule has 0 aliphatic carbocycles. The predicted octanol–water partition coefficient (Wildman–Crippen LogP) is 6.45. The second-order valence-electron chi connectivity index (χ2n) is 6.98. The second kappa shape index (κ2) is 21.4. The molecular weight excluding hydrogens is 288 g/mol. The number of aliphatic carboxylic acids is 1. The maximum atomic E-state index is 10.3. The minimum absolute atomic E-state index is 0.344. The lowest BCUT2D eigenvalue weighted by atomic mass is 10.0. The highest BCUT2D eigenvalue weighted by molar-refractivity contribution is 5.66. The zero-order chi connectivity index (χ0) is 17.8. The van der Waals surface area contributed by atoms with Gasteiger partial charge in [0.2, 0.25) is 0 Å². The first-order valence-electron chi connectivity index (χ1n) is 9.66. The SMILES string of the molecule is CC(C)CCCCCCCCCCCCCCC(=O)O.COC. The summed E-state index contributed by atoms with van der Waals surface area (Å²) in [6.07, 6.45) is 17.3. The molecule has 0 aromatic heterocycles. The van der Waals surface area contributed by atoms with Crippen LogP contribution in [0.5, 0.6) is 0 Å². The van der Waals surface area contributed by atoms with Crippen LogP contribution in [0.15, 0.2) is 0 Å². The van der Waals surface area contributed by atoms with Crippen LogP contribution >= 0.6 is 0 Å². The molecule has 0 aromatic carbocycles. The molecule has 0 aliphatic heterocycles. The quantitative estimate of drug-likeness (QED) is 0.351. The molecule has 0 bridgehead atoms. The monoisotopic (exact) mass is 330 g/mol. The van der Waals surface area contributed by atoms with E-state index in [9.17, 15) is 4.79 Å². The van der Waals surface area contributed by atoms with Crippen LogP contribution in [-0.4, -0.2) is 25.3 Å². The minimum atomic E-state index is -0.654. The first-order chi connectivity index (χ1) is 11.0. The zero-order valence-corrected chi connectivity index (χ0v) is 16.2. The summed E-state index contributed by atoms with van der Waals surface area (Å²) in [4.78, 5) is 10.3. The van der Waals surface area contributed by atoms with Crippen LogP contribution in [0.25, 0.3) is 0 Å². The molecule has 0 aromatic rings. The number of carbonyl (C=O) groups is 1. The van der Waals surface area contributed by atoms with E-state index in [1.165, 1.54) is 70.6 Å². The lowest BCUT2D eigenvalue weighted by molar-refractivity contribution is -0.137. The van der Waals surface area contributed by atoms with Crippen molar-refractivity contribution < 1.29 is 14.6 Å². The molecular formula is C20H42O3. The molecule has 0 aliphatic rings. The van der Waals surface area contributed by atoms with E-state index in [1.807, 2.05) is 0 Å². The van der Waals surface area contributed by atoms with Crippen molar-refractivity contribution in [3.63, 3.8) is 0 Å². The predicted molar refractivity (Wildman–Crippen MR) is 100 cm³/mol. The van der Waals surface area contributed by atoms with Crippen LogP contribution in [0.3, 0.4) is 0 Å². The van der Waals surface area contributed by atoms with Crippen LogP contribution in [-0.2, 0) is 9.53 Å². The van der Waals surface area contributed by atoms with E-state index >= 15 is 0 Å². The highest BCUT2D eigenvalue weighted by atomic mass is 16.4. The standard InChI is InChI=1S/C18H36O2.C2H6O/c1-17(2)15-13-11-9-7-5-3-4-6-8-10-12-14-16-18(19)20;1-3-2/h17H,3-16H2,1-2H3,(H,19,20);1-2H3. The molecule has 3 heteroatoms. The topological polar surface area (TPSA) is 46.5 Å². The fourth-order valence-electron chi connectivity index (χ4n) is 2.60. The molecule has 0 unspecified atom stereocenters. The van der Waals surface area contributed by atoms with Crippen molar-refractivity contribution >= 4 is 5.97 Å². The van der Waals surface area contributed by atoms with Crippen molar-refractivity contribution in [2.75, 3.05) is 14.2 Å². The third kappa shape index (κ3) is 30.0. The number of ether oxygens (including phenoxy) is 1. The third-order valence-electron chi connectivity index (χ3n) is 3.92. The van der Waals surface area contributed by atoms with Crippen molar-refractivity contribution in [2.45, 2.75) is 104 Å². The first kappa shape index (κ1) is 24.7. The van der Waals surface area contributed by atoms with E-state index in [-0.39, 0.29) is 0 Å². The van der Waals surface area contributed by atoms with Gasteiger partial charge in [0.1, 0.15) is 0 Å². The number of unbranched alkanes of at least 4 members (excludes halogenated alkanes) is 11. The fraction of sp³-hybridized carbons (Fsp3) is 0.950. The van der Waals surface area contributed by atoms with E-state index in [2.05, 4.69) is 18.6 Å². The lowest BCUT2D eigenvalue weighted by Crippen LogP contribution is -1.93. The number of carboxylic acids is 1. The summed E-state index contributed by atoms with van der Waals surface area (Å²) in [7, 11) is 3.25. The van der Waals surface area contributed by atoms with Crippen molar-refractivity contribution in [3.05, 3.63) is 0 Å². The van der Waals surface area contributed by atoms with E-state index in [0.29, 0.717) is 6.42 Å². The van der Waals surface area contributed by atoms with Gasteiger partial charge in [0, 0.05) is 20.6 Å². The Morgan fingerprint density at radius 2 is 1.04 bits per heavy atom. The second-order valence-corrected chi connectivity index (χ2v) is 6.98. The molecule has 0 atom stereocenters. The van der Waals surface area contributed by atoms with E-state index in [4.69, 9.17) is 5.11 Å². The lowest BCUT2D eigenvalue weighted by Gasteiger charge is -2.04. The van der Waals surface area contributed by atoms with Crippen molar-refractivity contribution in [1.29, 1.82) is 0 Å². The number of hydrogen-bond donors (Lipinski definition) is 1. The summed E-state index contributed by atoms with van der Waals surface area (Å²) >= 11 is 0. The Kier molecular flexibility index (Phi) is 23.0.